The number of nitrogens with one attached hydrogen (secondary N) is 2. The van der Waals surface area contributed by atoms with Crippen LogP contribution in [0.5, 0.6) is 0 Å². The van der Waals surface area contributed by atoms with Crippen LogP contribution in [0.15, 0.2) is 42.5 Å². The van der Waals surface area contributed by atoms with Crippen LogP contribution in [-0.4, -0.2) is 11.8 Å². The summed E-state index contributed by atoms with van der Waals surface area (Å²) in [5.74, 6) is -1.31. The van der Waals surface area contributed by atoms with E-state index in [9.17, 15) is 22.8 Å². The van der Waals surface area contributed by atoms with Crippen LogP contribution < -0.4 is 10.6 Å². The third-order valence-corrected chi connectivity index (χ3v) is 3.85. The summed E-state index contributed by atoms with van der Waals surface area (Å²) in [6.07, 6.45) is -4.31. The third-order valence-electron chi connectivity index (χ3n) is 3.52. The predicted molar refractivity (Wildman–Crippen MR) is 94.2 cm³/mol. The molecule has 0 unspecified atom stereocenters. The number of hydrogen-bond donors (Lipinski definition) is 2. The first-order valence-electron chi connectivity index (χ1n) is 7.74. The third kappa shape index (κ3) is 5.49. The Bertz CT molecular complexity index is 805. The zero-order valence-electron chi connectivity index (χ0n) is 13.8. The summed E-state index contributed by atoms with van der Waals surface area (Å²) in [4.78, 5) is 23.7. The van der Waals surface area contributed by atoms with Crippen molar-refractivity contribution < 1.29 is 22.8 Å². The van der Waals surface area contributed by atoms with Crippen molar-refractivity contribution in [3.63, 3.8) is 0 Å². The summed E-state index contributed by atoms with van der Waals surface area (Å²) in [7, 11) is 0. The molecule has 0 radical (unpaired) electrons. The molecule has 138 valence electrons. The molecule has 4 nitrogen and oxygen atoms in total. The Kier molecular flexibility index (Phi) is 6.26. The van der Waals surface area contributed by atoms with Crippen LogP contribution in [-0.2, 0) is 22.2 Å². The molecule has 8 heteroatoms. The van der Waals surface area contributed by atoms with Crippen molar-refractivity contribution >= 4 is 34.8 Å². The zero-order chi connectivity index (χ0) is 19.3. The summed E-state index contributed by atoms with van der Waals surface area (Å²) in [5, 5.41) is 4.34. The zero-order valence-corrected chi connectivity index (χ0v) is 14.5. The fraction of sp³-hybridized carbons (Fsp3) is 0.222. The Balaban J connectivity index is 1.96. The van der Waals surface area contributed by atoms with E-state index in [4.69, 9.17) is 11.6 Å². The minimum absolute atomic E-state index is 0.0909. The first-order chi connectivity index (χ1) is 12.2. The predicted octanol–water partition coefficient (Wildman–Crippen LogP) is 4.89. The minimum Gasteiger partial charge on any atom is -0.326 e. The molecule has 0 bridgehead atoms. The van der Waals surface area contributed by atoms with Gasteiger partial charge in [0, 0.05) is 11.4 Å². The van der Waals surface area contributed by atoms with E-state index in [1.54, 1.807) is 12.1 Å². The molecular formula is C18H16ClF3N2O2. The average molecular weight is 385 g/mol. The highest BCUT2D eigenvalue weighted by atomic mass is 35.5. The van der Waals surface area contributed by atoms with Crippen LogP contribution in [0, 0.1) is 0 Å². The van der Waals surface area contributed by atoms with Gasteiger partial charge in [-0.15, -0.1) is 0 Å². The second-order valence-electron chi connectivity index (χ2n) is 5.52. The molecule has 2 rings (SSSR count). The highest BCUT2D eigenvalue weighted by Gasteiger charge is 2.33. The van der Waals surface area contributed by atoms with E-state index in [0.717, 1.165) is 24.1 Å². The summed E-state index contributed by atoms with van der Waals surface area (Å²) in [6, 6.07) is 10.1. The lowest BCUT2D eigenvalue weighted by Gasteiger charge is -2.12. The maximum absolute atomic E-state index is 12.8. The number of amides is 2. The lowest BCUT2D eigenvalue weighted by molar-refractivity contribution is -0.137. The molecule has 0 spiro atoms. The molecule has 0 saturated heterocycles. The maximum Gasteiger partial charge on any atom is 0.417 e. The molecule has 0 aliphatic heterocycles. The Morgan fingerprint density at radius 3 is 2.04 bits per heavy atom. The van der Waals surface area contributed by atoms with Gasteiger partial charge in [-0.05, 0) is 42.3 Å². The highest BCUT2D eigenvalue weighted by molar-refractivity contribution is 6.31. The Morgan fingerprint density at radius 2 is 1.50 bits per heavy atom. The van der Waals surface area contributed by atoms with Gasteiger partial charge in [0.25, 0.3) is 0 Å². The molecule has 0 aliphatic rings. The molecule has 0 atom stereocenters. The number of alkyl halides is 3. The molecule has 2 N–H and O–H groups in total. The minimum atomic E-state index is -4.64. The van der Waals surface area contributed by atoms with Gasteiger partial charge >= 0.3 is 6.18 Å². The second kappa shape index (κ2) is 8.23. The Labute approximate surface area is 153 Å². The van der Waals surface area contributed by atoms with Gasteiger partial charge in [-0.3, -0.25) is 9.59 Å². The van der Waals surface area contributed by atoms with Gasteiger partial charge in [-0.25, -0.2) is 0 Å². The van der Waals surface area contributed by atoms with E-state index >= 15 is 0 Å². The largest absolute Gasteiger partial charge is 0.417 e. The number of rotatable bonds is 5. The fourth-order valence-corrected chi connectivity index (χ4v) is 2.42. The first-order valence-corrected chi connectivity index (χ1v) is 8.12. The Hall–Kier alpha value is -2.54. The molecular weight excluding hydrogens is 369 g/mol. The van der Waals surface area contributed by atoms with E-state index in [1.807, 2.05) is 19.1 Å². The van der Waals surface area contributed by atoms with Crippen LogP contribution >= 0.6 is 11.6 Å². The average Bonchev–Trinajstić information content (AvgIpc) is 2.56. The number of anilines is 2. The van der Waals surface area contributed by atoms with Gasteiger partial charge in [0.15, 0.2) is 0 Å². The lowest BCUT2D eigenvalue weighted by Crippen LogP contribution is -2.21. The molecule has 2 aromatic rings. The van der Waals surface area contributed by atoms with E-state index in [2.05, 4.69) is 10.6 Å². The second-order valence-corrected chi connectivity index (χ2v) is 5.92. The smallest absolute Gasteiger partial charge is 0.326 e. The SMILES string of the molecule is CCc1ccc(NC(=O)CC(=O)Nc2ccc(Cl)c(C(F)(F)F)c2)cc1. The van der Waals surface area contributed by atoms with Crippen LogP contribution in [0.4, 0.5) is 24.5 Å². The molecule has 26 heavy (non-hydrogen) atoms. The summed E-state index contributed by atoms with van der Waals surface area (Å²) in [6.45, 7) is 2.00. The molecule has 2 amide bonds. The summed E-state index contributed by atoms with van der Waals surface area (Å²) >= 11 is 5.52. The van der Waals surface area contributed by atoms with Crippen molar-refractivity contribution in [1.82, 2.24) is 0 Å². The topological polar surface area (TPSA) is 58.2 Å². The number of benzene rings is 2. The normalized spacial score (nSPS) is 11.1. The highest BCUT2D eigenvalue weighted by Crippen LogP contribution is 2.36. The van der Waals surface area contributed by atoms with Gasteiger partial charge < -0.3 is 10.6 Å². The van der Waals surface area contributed by atoms with Gasteiger partial charge in [0.05, 0.1) is 10.6 Å². The number of aryl methyl sites for hydroxylation is 1. The van der Waals surface area contributed by atoms with E-state index < -0.39 is 35.0 Å². The van der Waals surface area contributed by atoms with E-state index in [0.29, 0.717) is 5.69 Å². The van der Waals surface area contributed by atoms with Gasteiger partial charge in [-0.1, -0.05) is 30.7 Å². The monoisotopic (exact) mass is 384 g/mol. The number of hydrogen-bond acceptors (Lipinski definition) is 2. The summed E-state index contributed by atoms with van der Waals surface area (Å²) < 4.78 is 38.4. The van der Waals surface area contributed by atoms with Crippen molar-refractivity contribution in [2.75, 3.05) is 10.6 Å². The maximum atomic E-state index is 12.8. The molecule has 0 aromatic heterocycles. The van der Waals surface area contributed by atoms with Crippen molar-refractivity contribution in [2.24, 2.45) is 0 Å². The van der Waals surface area contributed by atoms with Crippen LogP contribution in [0.3, 0.4) is 0 Å². The van der Waals surface area contributed by atoms with Crippen LogP contribution in [0.25, 0.3) is 0 Å². The van der Waals surface area contributed by atoms with Crippen molar-refractivity contribution in [1.29, 1.82) is 0 Å². The number of carbonyl (C=O) groups excluding carboxylic acids is 2. The molecule has 0 heterocycles. The number of carbonyl (C=O) groups is 2. The fourth-order valence-electron chi connectivity index (χ4n) is 2.20. The van der Waals surface area contributed by atoms with E-state index in [1.165, 1.54) is 6.07 Å². The lowest BCUT2D eigenvalue weighted by atomic mass is 10.1. The van der Waals surface area contributed by atoms with Crippen molar-refractivity contribution in [3.05, 3.63) is 58.6 Å². The van der Waals surface area contributed by atoms with Crippen LogP contribution in [0.1, 0.15) is 24.5 Å². The summed E-state index contributed by atoms with van der Waals surface area (Å²) in [5.41, 5.74) is 0.485. The molecule has 2 aromatic carbocycles. The molecule has 0 fully saturated rings. The van der Waals surface area contributed by atoms with E-state index in [-0.39, 0.29) is 5.69 Å². The van der Waals surface area contributed by atoms with Gasteiger partial charge in [-0.2, -0.15) is 13.2 Å². The molecule has 0 saturated carbocycles. The molecule has 0 aliphatic carbocycles. The first kappa shape index (κ1) is 19.8. The Morgan fingerprint density at radius 1 is 0.962 bits per heavy atom. The number of halogens is 4. The van der Waals surface area contributed by atoms with Crippen molar-refractivity contribution in [2.45, 2.75) is 25.9 Å². The standard InChI is InChI=1S/C18H16ClF3N2O2/c1-2-11-3-5-12(6-4-11)23-16(25)10-17(26)24-13-7-8-15(19)14(9-13)18(20,21)22/h3-9H,2,10H2,1H3,(H,23,25)(H,24,26). The van der Waals surface area contributed by atoms with Gasteiger partial charge in [0.2, 0.25) is 11.8 Å². The van der Waals surface area contributed by atoms with Crippen LogP contribution in [0.2, 0.25) is 5.02 Å². The quantitative estimate of drug-likeness (QED) is 0.721. The van der Waals surface area contributed by atoms with Gasteiger partial charge in [0.1, 0.15) is 6.42 Å². The van der Waals surface area contributed by atoms with Crippen molar-refractivity contribution in [3.8, 4) is 0 Å².